The Bertz CT molecular complexity index is 182. The maximum Gasteiger partial charge on any atom is 0.219 e. The average Bonchev–Trinajstić information content (AvgIpc) is 2.03. The van der Waals surface area contributed by atoms with Gasteiger partial charge < -0.3 is 10.6 Å². The molecule has 1 aliphatic rings. The lowest BCUT2D eigenvalue weighted by Crippen LogP contribution is -2.48. The molecule has 1 fully saturated rings. The van der Waals surface area contributed by atoms with E-state index in [1.54, 1.807) is 6.92 Å². The van der Waals surface area contributed by atoms with Crippen LogP contribution in [0.5, 0.6) is 0 Å². The Balaban J connectivity index is 2.47. The fourth-order valence-electron chi connectivity index (χ4n) is 2.12. The summed E-state index contributed by atoms with van der Waals surface area (Å²) in [4.78, 5) is 13.0. The van der Waals surface area contributed by atoms with Crippen LogP contribution in [-0.2, 0) is 4.79 Å². The monoisotopic (exact) mass is 184 g/mol. The summed E-state index contributed by atoms with van der Waals surface area (Å²) in [7, 11) is 0. The van der Waals surface area contributed by atoms with Gasteiger partial charge in [0.05, 0.1) is 0 Å². The van der Waals surface area contributed by atoms with Crippen LogP contribution in [0, 0.1) is 5.92 Å². The number of hydrogen-bond donors (Lipinski definition) is 1. The van der Waals surface area contributed by atoms with Crippen molar-refractivity contribution in [2.24, 2.45) is 11.7 Å². The number of nitrogens with zero attached hydrogens (tertiary/aromatic N) is 1. The lowest BCUT2D eigenvalue weighted by Gasteiger charge is -2.35. The van der Waals surface area contributed by atoms with Crippen LogP contribution in [0.3, 0.4) is 0 Å². The van der Waals surface area contributed by atoms with Crippen molar-refractivity contribution in [3.05, 3.63) is 0 Å². The number of rotatable bonds is 2. The van der Waals surface area contributed by atoms with Gasteiger partial charge in [-0.3, -0.25) is 4.79 Å². The second kappa shape index (κ2) is 4.61. The predicted molar refractivity (Wildman–Crippen MR) is 53.2 cm³/mol. The van der Waals surface area contributed by atoms with Crippen molar-refractivity contribution in [1.82, 2.24) is 4.90 Å². The summed E-state index contributed by atoms with van der Waals surface area (Å²) in [5.41, 5.74) is 5.89. The molecule has 0 aromatic rings. The van der Waals surface area contributed by atoms with Crippen molar-refractivity contribution in [2.45, 2.75) is 39.2 Å². The third-order valence-corrected chi connectivity index (χ3v) is 2.71. The summed E-state index contributed by atoms with van der Waals surface area (Å²) in [6.45, 7) is 5.46. The quantitative estimate of drug-likeness (QED) is 0.695. The van der Waals surface area contributed by atoms with Gasteiger partial charge >= 0.3 is 0 Å². The lowest BCUT2D eigenvalue weighted by molar-refractivity contribution is -0.131. The third-order valence-electron chi connectivity index (χ3n) is 2.71. The molecule has 0 bridgehead atoms. The van der Waals surface area contributed by atoms with Gasteiger partial charge in [0.1, 0.15) is 0 Å². The molecular weight excluding hydrogens is 164 g/mol. The van der Waals surface area contributed by atoms with E-state index < -0.39 is 0 Å². The van der Waals surface area contributed by atoms with Gasteiger partial charge in [0, 0.05) is 26.1 Å². The van der Waals surface area contributed by atoms with E-state index in [4.69, 9.17) is 5.73 Å². The van der Waals surface area contributed by atoms with Gasteiger partial charge in [0.25, 0.3) is 0 Å². The SMILES string of the molecule is CCCC1CC(N)CN(C(C)=O)C1. The van der Waals surface area contributed by atoms with E-state index in [1.165, 1.54) is 12.8 Å². The number of likely N-dealkylation sites (tertiary alicyclic amines) is 1. The third kappa shape index (κ3) is 2.99. The highest BCUT2D eigenvalue weighted by atomic mass is 16.2. The Morgan fingerprint density at radius 1 is 1.54 bits per heavy atom. The summed E-state index contributed by atoms with van der Waals surface area (Å²) in [6, 6.07) is 0.189. The van der Waals surface area contributed by atoms with Gasteiger partial charge in [-0.05, 0) is 18.8 Å². The lowest BCUT2D eigenvalue weighted by atomic mass is 9.91. The number of amides is 1. The fourth-order valence-corrected chi connectivity index (χ4v) is 2.12. The van der Waals surface area contributed by atoms with Gasteiger partial charge in [-0.2, -0.15) is 0 Å². The van der Waals surface area contributed by atoms with Crippen molar-refractivity contribution in [3.8, 4) is 0 Å². The Kier molecular flexibility index (Phi) is 3.72. The molecule has 0 spiro atoms. The van der Waals surface area contributed by atoms with Crippen LogP contribution >= 0.6 is 0 Å². The standard InChI is InChI=1S/C10H20N2O/c1-3-4-9-5-10(11)7-12(6-9)8(2)13/h9-10H,3-7,11H2,1-2H3. The molecule has 2 N–H and O–H groups in total. The first-order valence-electron chi connectivity index (χ1n) is 5.14. The van der Waals surface area contributed by atoms with Gasteiger partial charge in [0.2, 0.25) is 5.91 Å². The minimum Gasteiger partial charge on any atom is -0.341 e. The molecule has 1 amide bonds. The Morgan fingerprint density at radius 3 is 2.77 bits per heavy atom. The molecule has 3 nitrogen and oxygen atoms in total. The first-order chi connectivity index (χ1) is 6.13. The van der Waals surface area contributed by atoms with Crippen LogP contribution in [0.1, 0.15) is 33.1 Å². The maximum atomic E-state index is 11.2. The highest BCUT2D eigenvalue weighted by molar-refractivity contribution is 5.73. The Labute approximate surface area is 80.3 Å². The van der Waals surface area contributed by atoms with Gasteiger partial charge in [-0.15, -0.1) is 0 Å². The number of nitrogens with two attached hydrogens (primary N) is 1. The smallest absolute Gasteiger partial charge is 0.219 e. The molecule has 0 saturated carbocycles. The zero-order chi connectivity index (χ0) is 9.84. The zero-order valence-corrected chi connectivity index (χ0v) is 8.62. The van der Waals surface area contributed by atoms with E-state index in [9.17, 15) is 4.79 Å². The molecule has 0 radical (unpaired) electrons. The summed E-state index contributed by atoms with van der Waals surface area (Å²) >= 11 is 0. The maximum absolute atomic E-state index is 11.2. The summed E-state index contributed by atoms with van der Waals surface area (Å²) in [6.07, 6.45) is 3.46. The van der Waals surface area contributed by atoms with E-state index in [2.05, 4.69) is 6.92 Å². The summed E-state index contributed by atoms with van der Waals surface area (Å²) in [5.74, 6) is 0.786. The Hall–Kier alpha value is -0.570. The molecule has 2 unspecified atom stereocenters. The molecule has 1 rings (SSSR count). The van der Waals surface area contributed by atoms with Crippen molar-refractivity contribution >= 4 is 5.91 Å². The normalized spacial score (nSPS) is 29.0. The van der Waals surface area contributed by atoms with Crippen molar-refractivity contribution < 1.29 is 4.79 Å². The predicted octanol–water partition coefficient (Wildman–Crippen LogP) is 0.982. The second-order valence-electron chi connectivity index (χ2n) is 4.07. The van der Waals surface area contributed by atoms with Gasteiger partial charge in [0.15, 0.2) is 0 Å². The number of piperidine rings is 1. The van der Waals surface area contributed by atoms with Crippen LogP contribution in [0.25, 0.3) is 0 Å². The molecule has 1 heterocycles. The van der Waals surface area contributed by atoms with E-state index >= 15 is 0 Å². The fraction of sp³-hybridized carbons (Fsp3) is 0.900. The highest BCUT2D eigenvalue weighted by Crippen LogP contribution is 2.20. The van der Waals surface area contributed by atoms with Crippen LogP contribution < -0.4 is 5.73 Å². The molecule has 0 aromatic heterocycles. The molecule has 13 heavy (non-hydrogen) atoms. The van der Waals surface area contributed by atoms with Crippen LogP contribution in [0.15, 0.2) is 0 Å². The van der Waals surface area contributed by atoms with E-state index in [1.807, 2.05) is 4.90 Å². The molecule has 1 aliphatic heterocycles. The zero-order valence-electron chi connectivity index (χ0n) is 8.62. The molecule has 0 aliphatic carbocycles. The molecule has 3 heteroatoms. The summed E-state index contributed by atoms with van der Waals surface area (Å²) in [5, 5.41) is 0. The molecule has 0 aromatic carbocycles. The minimum absolute atomic E-state index is 0.163. The van der Waals surface area contributed by atoms with Gasteiger partial charge in [-0.25, -0.2) is 0 Å². The number of carbonyl (C=O) groups is 1. The van der Waals surface area contributed by atoms with Crippen LogP contribution in [-0.4, -0.2) is 29.9 Å². The number of carbonyl (C=O) groups excluding carboxylic acids is 1. The topological polar surface area (TPSA) is 46.3 Å². The largest absolute Gasteiger partial charge is 0.341 e. The van der Waals surface area contributed by atoms with Gasteiger partial charge in [-0.1, -0.05) is 13.3 Å². The first kappa shape index (κ1) is 10.5. The Morgan fingerprint density at radius 2 is 2.23 bits per heavy atom. The molecular formula is C10H20N2O. The van der Waals surface area contributed by atoms with Crippen molar-refractivity contribution in [1.29, 1.82) is 0 Å². The van der Waals surface area contributed by atoms with E-state index in [-0.39, 0.29) is 11.9 Å². The van der Waals surface area contributed by atoms with E-state index in [0.29, 0.717) is 5.92 Å². The van der Waals surface area contributed by atoms with E-state index in [0.717, 1.165) is 19.5 Å². The average molecular weight is 184 g/mol. The highest BCUT2D eigenvalue weighted by Gasteiger charge is 2.25. The molecule has 1 saturated heterocycles. The first-order valence-corrected chi connectivity index (χ1v) is 5.14. The van der Waals surface area contributed by atoms with Crippen molar-refractivity contribution in [2.75, 3.05) is 13.1 Å². The van der Waals surface area contributed by atoms with Crippen molar-refractivity contribution in [3.63, 3.8) is 0 Å². The van der Waals surface area contributed by atoms with Crippen LogP contribution in [0.4, 0.5) is 0 Å². The second-order valence-corrected chi connectivity index (χ2v) is 4.07. The summed E-state index contributed by atoms with van der Waals surface area (Å²) < 4.78 is 0. The number of hydrogen-bond acceptors (Lipinski definition) is 2. The van der Waals surface area contributed by atoms with Crippen LogP contribution in [0.2, 0.25) is 0 Å². The molecule has 76 valence electrons. The molecule has 2 atom stereocenters. The minimum atomic E-state index is 0.163.